The van der Waals surface area contributed by atoms with Crippen LogP contribution in [0.4, 0.5) is 11.4 Å². The number of amides is 1. The van der Waals surface area contributed by atoms with Gasteiger partial charge in [0.1, 0.15) is 15.4 Å². The number of pyridine rings is 1. The minimum atomic E-state index is -0.458. The van der Waals surface area contributed by atoms with Crippen LogP contribution in [-0.2, 0) is 6.42 Å². The van der Waals surface area contributed by atoms with Crippen molar-refractivity contribution in [1.29, 1.82) is 0 Å². The van der Waals surface area contributed by atoms with Gasteiger partial charge in [-0.1, -0.05) is 26.0 Å². The minimum absolute atomic E-state index is 0.0610. The Bertz CT molecular complexity index is 1190. The number of halogens is 1. The second-order valence-electron chi connectivity index (χ2n) is 7.67. The molecule has 0 radical (unpaired) electrons. The molecule has 10 nitrogen and oxygen atoms in total. The van der Waals surface area contributed by atoms with Crippen molar-refractivity contribution in [3.8, 4) is 0 Å². The third-order valence-corrected chi connectivity index (χ3v) is 5.96. The van der Waals surface area contributed by atoms with Crippen molar-refractivity contribution in [3.63, 3.8) is 0 Å². The summed E-state index contributed by atoms with van der Waals surface area (Å²) < 4.78 is -0.396. The first kappa shape index (κ1) is 21.9. The summed E-state index contributed by atoms with van der Waals surface area (Å²) in [5.41, 5.74) is 5.96. The lowest BCUT2D eigenvalue weighted by molar-refractivity contribution is -0.384. The third-order valence-electron chi connectivity index (χ3n) is 4.81. The van der Waals surface area contributed by atoms with E-state index in [1.54, 1.807) is 35.5 Å². The van der Waals surface area contributed by atoms with Crippen LogP contribution in [-0.4, -0.2) is 36.9 Å². The van der Waals surface area contributed by atoms with Crippen molar-refractivity contribution in [1.82, 2.24) is 25.6 Å². The SMILES string of the molecule is CC(C)Cc1[nH]nc2c1N=C(c1cccc([N+](=O)[O-])c1)N(NC(=O)c1cccnc1)C2I. The molecular formula is C21H20IN7O3. The van der Waals surface area contributed by atoms with E-state index >= 15 is 0 Å². The van der Waals surface area contributed by atoms with Crippen LogP contribution in [0.15, 0.2) is 53.8 Å². The van der Waals surface area contributed by atoms with E-state index in [1.165, 1.54) is 18.3 Å². The van der Waals surface area contributed by atoms with Crippen molar-refractivity contribution in [2.45, 2.75) is 24.3 Å². The molecule has 3 heterocycles. The van der Waals surface area contributed by atoms with Gasteiger partial charge < -0.3 is 0 Å². The molecule has 164 valence electrons. The number of aromatic amines is 1. The van der Waals surface area contributed by atoms with Gasteiger partial charge in [0.2, 0.25) is 0 Å². The molecule has 2 aromatic heterocycles. The average Bonchev–Trinajstić information content (AvgIpc) is 3.18. The summed E-state index contributed by atoms with van der Waals surface area (Å²) in [4.78, 5) is 32.6. The number of hydrogen-bond donors (Lipinski definition) is 2. The molecule has 1 aromatic carbocycles. The summed E-state index contributed by atoms with van der Waals surface area (Å²) in [5, 5.41) is 20.4. The van der Waals surface area contributed by atoms with Crippen LogP contribution in [0.5, 0.6) is 0 Å². The van der Waals surface area contributed by atoms with Gasteiger partial charge >= 0.3 is 0 Å². The van der Waals surface area contributed by atoms with Gasteiger partial charge in [-0.2, -0.15) is 5.10 Å². The predicted octanol–water partition coefficient (Wildman–Crippen LogP) is 4.08. The Kier molecular flexibility index (Phi) is 6.17. The molecule has 4 rings (SSSR count). The zero-order valence-electron chi connectivity index (χ0n) is 17.3. The molecule has 11 heteroatoms. The van der Waals surface area contributed by atoms with Crippen LogP contribution >= 0.6 is 22.6 Å². The summed E-state index contributed by atoms with van der Waals surface area (Å²) in [6, 6.07) is 9.51. The molecule has 1 atom stereocenters. The smallest absolute Gasteiger partial charge is 0.271 e. The number of fused-ring (bicyclic) bond motifs is 1. The van der Waals surface area contributed by atoms with Crippen LogP contribution in [0.2, 0.25) is 0 Å². The van der Waals surface area contributed by atoms with Crippen molar-refractivity contribution in [2.24, 2.45) is 10.9 Å². The van der Waals surface area contributed by atoms with Crippen molar-refractivity contribution in [3.05, 3.63) is 81.4 Å². The molecular weight excluding hydrogens is 525 g/mol. The molecule has 2 N–H and O–H groups in total. The molecule has 1 unspecified atom stereocenters. The van der Waals surface area contributed by atoms with Crippen LogP contribution in [0.3, 0.4) is 0 Å². The highest BCUT2D eigenvalue weighted by atomic mass is 127. The fourth-order valence-corrected chi connectivity index (χ4v) is 4.20. The molecule has 1 aliphatic heterocycles. The molecule has 0 fully saturated rings. The van der Waals surface area contributed by atoms with Crippen molar-refractivity contribution >= 4 is 45.7 Å². The lowest BCUT2D eigenvalue weighted by Crippen LogP contribution is -2.48. The first-order valence-corrected chi connectivity index (χ1v) is 11.1. The monoisotopic (exact) mass is 545 g/mol. The lowest BCUT2D eigenvalue weighted by atomic mass is 10.1. The van der Waals surface area contributed by atoms with Gasteiger partial charge in [-0.3, -0.25) is 30.4 Å². The molecule has 0 spiro atoms. The predicted molar refractivity (Wildman–Crippen MR) is 127 cm³/mol. The van der Waals surface area contributed by atoms with E-state index < -0.39 is 8.97 Å². The Hall–Kier alpha value is -3.35. The highest BCUT2D eigenvalue weighted by Gasteiger charge is 2.35. The van der Waals surface area contributed by atoms with E-state index in [-0.39, 0.29) is 11.6 Å². The Balaban J connectivity index is 1.80. The number of nitro groups is 1. The number of non-ortho nitro benzene ring substituents is 1. The number of nitrogens with one attached hydrogen (secondary N) is 2. The quantitative estimate of drug-likeness (QED) is 0.158. The van der Waals surface area contributed by atoms with Crippen molar-refractivity contribution < 1.29 is 9.72 Å². The summed E-state index contributed by atoms with van der Waals surface area (Å²) in [6.07, 6.45) is 3.80. The number of rotatable bonds is 6. The second kappa shape index (κ2) is 9.02. The normalized spacial score (nSPS) is 15.3. The van der Waals surface area contributed by atoms with Gasteiger partial charge in [-0.15, -0.1) is 0 Å². The number of hydrogen-bond acceptors (Lipinski definition) is 7. The van der Waals surface area contributed by atoms with Gasteiger partial charge in [0.25, 0.3) is 11.6 Å². The average molecular weight is 545 g/mol. The van der Waals surface area contributed by atoms with E-state index in [9.17, 15) is 14.9 Å². The van der Waals surface area contributed by atoms with E-state index in [1.807, 2.05) is 0 Å². The maximum Gasteiger partial charge on any atom is 0.271 e. The van der Waals surface area contributed by atoms with Crippen LogP contribution in [0, 0.1) is 16.0 Å². The van der Waals surface area contributed by atoms with Gasteiger partial charge in [-0.25, -0.2) is 10.0 Å². The summed E-state index contributed by atoms with van der Waals surface area (Å²) in [7, 11) is 0. The van der Waals surface area contributed by atoms with Crippen molar-refractivity contribution in [2.75, 3.05) is 0 Å². The first-order chi connectivity index (χ1) is 15.3. The highest BCUT2D eigenvalue weighted by Crippen LogP contribution is 2.40. The standard InChI is InChI=1S/C21H20IN7O3/c1-12(2)9-16-17-18(26-25-16)19(22)28(27-21(30)14-6-4-8-23-11-14)20(24-17)13-5-3-7-15(10-13)29(31)32/h3-8,10-12,19H,9H2,1-2H3,(H,25,26)(H,27,30). The Morgan fingerprint density at radius 3 is 2.84 bits per heavy atom. The maximum atomic E-state index is 12.9. The first-order valence-electron chi connectivity index (χ1n) is 9.90. The number of benzene rings is 1. The van der Waals surface area contributed by atoms with Gasteiger partial charge in [0.05, 0.1) is 16.2 Å². The van der Waals surface area contributed by atoms with Gasteiger partial charge in [0, 0.05) is 30.1 Å². The zero-order chi connectivity index (χ0) is 22.8. The topological polar surface area (TPSA) is 129 Å². The van der Waals surface area contributed by atoms with E-state index in [4.69, 9.17) is 4.99 Å². The maximum absolute atomic E-state index is 12.9. The number of aliphatic imine (C=N–C) groups is 1. The van der Waals surface area contributed by atoms with Gasteiger partial charge in [-0.05, 0) is 47.1 Å². The third kappa shape index (κ3) is 4.33. The molecule has 0 saturated heterocycles. The van der Waals surface area contributed by atoms with E-state index in [2.05, 4.69) is 57.0 Å². The van der Waals surface area contributed by atoms with Gasteiger partial charge in [0.15, 0.2) is 5.84 Å². The summed E-state index contributed by atoms with van der Waals surface area (Å²) in [6.45, 7) is 4.20. The van der Waals surface area contributed by atoms with E-state index in [0.29, 0.717) is 34.3 Å². The number of aromatic nitrogens is 3. The number of amidine groups is 1. The molecule has 0 saturated carbocycles. The molecule has 3 aromatic rings. The number of nitro benzene ring substituents is 1. The lowest BCUT2D eigenvalue weighted by Gasteiger charge is -2.33. The summed E-state index contributed by atoms with van der Waals surface area (Å²) in [5.74, 6) is 0.399. The second-order valence-corrected chi connectivity index (χ2v) is 8.85. The number of alkyl halides is 1. The number of nitrogens with zero attached hydrogens (tertiary/aromatic N) is 5. The number of H-pyrrole nitrogens is 1. The number of hydrazine groups is 1. The highest BCUT2D eigenvalue weighted by molar-refractivity contribution is 14.1. The fourth-order valence-electron chi connectivity index (χ4n) is 3.36. The minimum Gasteiger partial charge on any atom is -0.280 e. The Labute approximate surface area is 197 Å². The Morgan fingerprint density at radius 2 is 2.16 bits per heavy atom. The Morgan fingerprint density at radius 1 is 1.34 bits per heavy atom. The molecule has 32 heavy (non-hydrogen) atoms. The van der Waals surface area contributed by atoms with Crippen LogP contribution in [0.25, 0.3) is 0 Å². The molecule has 0 bridgehead atoms. The van der Waals surface area contributed by atoms with Crippen LogP contribution in [0.1, 0.15) is 45.2 Å². The van der Waals surface area contributed by atoms with Crippen LogP contribution < -0.4 is 5.43 Å². The molecule has 1 aliphatic rings. The fraction of sp³-hybridized carbons (Fsp3) is 0.238. The van der Waals surface area contributed by atoms with E-state index in [0.717, 1.165) is 12.1 Å². The number of carbonyl (C=O) groups is 1. The molecule has 0 aliphatic carbocycles. The molecule has 1 amide bonds. The zero-order valence-corrected chi connectivity index (χ0v) is 19.5. The summed E-state index contributed by atoms with van der Waals surface area (Å²) >= 11 is 2.17. The number of carbonyl (C=O) groups excluding carboxylic acids is 1. The largest absolute Gasteiger partial charge is 0.280 e.